The molecule has 0 radical (unpaired) electrons. The topological polar surface area (TPSA) is 18.5 Å². The quantitative estimate of drug-likeness (QED) is 0.508. The Balaban J connectivity index is 2.59. The van der Waals surface area contributed by atoms with Crippen LogP contribution in [0.4, 0.5) is 0 Å². The molecular weight excluding hydrogens is 443 g/mol. The Labute approximate surface area is 150 Å². The molecule has 1 atom stereocenters. The zero-order valence-electron chi connectivity index (χ0n) is 11.3. The van der Waals surface area contributed by atoms with E-state index in [-0.39, 0.29) is 4.83 Å². The molecule has 0 aliphatic heterocycles. The predicted molar refractivity (Wildman–Crippen MR) is 94.5 cm³/mol. The molecule has 2 aromatic rings. The zero-order chi connectivity index (χ0) is 15.6. The first kappa shape index (κ1) is 16.9. The standard InChI is InChI=1S/C15H12Br2Cl2O2/c1-20-11-7-6-8(15(21-2)14(11)17)13(16)12-9(18)4-3-5-10(12)19/h3-7,13H,1-2H3. The van der Waals surface area contributed by atoms with Crippen LogP contribution in [0.25, 0.3) is 0 Å². The molecule has 0 aromatic heterocycles. The largest absolute Gasteiger partial charge is 0.495 e. The Morgan fingerprint density at radius 1 is 1.00 bits per heavy atom. The summed E-state index contributed by atoms with van der Waals surface area (Å²) >= 11 is 19.7. The van der Waals surface area contributed by atoms with Gasteiger partial charge in [-0.15, -0.1) is 0 Å². The number of benzene rings is 2. The highest BCUT2D eigenvalue weighted by Crippen LogP contribution is 2.47. The Kier molecular flexibility index (Phi) is 5.83. The van der Waals surface area contributed by atoms with Crippen molar-refractivity contribution in [2.45, 2.75) is 4.83 Å². The molecule has 0 bridgehead atoms. The summed E-state index contributed by atoms with van der Waals surface area (Å²) in [6, 6.07) is 9.21. The number of hydrogen-bond donors (Lipinski definition) is 0. The fourth-order valence-corrected chi connectivity index (χ4v) is 4.44. The predicted octanol–water partition coefficient (Wildman–Crippen LogP) is 6.26. The lowest BCUT2D eigenvalue weighted by atomic mass is 10.0. The first-order valence-corrected chi connectivity index (χ1v) is 8.46. The van der Waals surface area contributed by atoms with Crippen LogP contribution in [-0.4, -0.2) is 14.2 Å². The highest BCUT2D eigenvalue weighted by molar-refractivity contribution is 9.10. The second kappa shape index (κ2) is 7.23. The summed E-state index contributed by atoms with van der Waals surface area (Å²) < 4.78 is 11.5. The molecule has 0 aliphatic carbocycles. The second-order valence-corrected chi connectivity index (χ2v) is 6.73. The molecule has 0 N–H and O–H groups in total. The number of halogens is 4. The Hall–Kier alpha value is -0.420. The van der Waals surface area contributed by atoms with Gasteiger partial charge in [-0.1, -0.05) is 51.3 Å². The van der Waals surface area contributed by atoms with Crippen LogP contribution in [0.1, 0.15) is 16.0 Å². The number of hydrogen-bond acceptors (Lipinski definition) is 2. The molecule has 0 amide bonds. The zero-order valence-corrected chi connectivity index (χ0v) is 16.0. The molecule has 0 saturated carbocycles. The Morgan fingerprint density at radius 3 is 2.14 bits per heavy atom. The van der Waals surface area contributed by atoms with E-state index in [1.165, 1.54) is 0 Å². The molecule has 21 heavy (non-hydrogen) atoms. The highest BCUT2D eigenvalue weighted by atomic mass is 79.9. The molecule has 6 heteroatoms. The monoisotopic (exact) mass is 452 g/mol. The van der Waals surface area contributed by atoms with E-state index in [4.69, 9.17) is 32.7 Å². The van der Waals surface area contributed by atoms with Gasteiger partial charge in [0.15, 0.2) is 0 Å². The Bertz CT molecular complexity index is 642. The van der Waals surface area contributed by atoms with Gasteiger partial charge >= 0.3 is 0 Å². The smallest absolute Gasteiger partial charge is 0.141 e. The number of rotatable bonds is 4. The molecule has 2 rings (SSSR count). The molecule has 0 aliphatic rings. The lowest BCUT2D eigenvalue weighted by Gasteiger charge is -2.19. The van der Waals surface area contributed by atoms with Gasteiger partial charge in [0.05, 0.1) is 19.0 Å². The third-order valence-electron chi connectivity index (χ3n) is 3.04. The lowest BCUT2D eigenvalue weighted by Crippen LogP contribution is -2.00. The van der Waals surface area contributed by atoms with Crippen LogP contribution in [0.2, 0.25) is 10.0 Å². The van der Waals surface area contributed by atoms with Gasteiger partial charge in [0.1, 0.15) is 16.0 Å². The van der Waals surface area contributed by atoms with E-state index in [9.17, 15) is 0 Å². The molecule has 0 saturated heterocycles. The fraction of sp³-hybridized carbons (Fsp3) is 0.200. The van der Waals surface area contributed by atoms with Crippen LogP contribution in [-0.2, 0) is 0 Å². The summed E-state index contributed by atoms with van der Waals surface area (Å²) in [5.41, 5.74) is 1.70. The maximum atomic E-state index is 6.28. The summed E-state index contributed by atoms with van der Waals surface area (Å²) in [5.74, 6) is 1.37. The summed E-state index contributed by atoms with van der Waals surface area (Å²) in [5, 5.41) is 1.19. The molecule has 0 fully saturated rings. The Morgan fingerprint density at radius 2 is 1.62 bits per heavy atom. The maximum Gasteiger partial charge on any atom is 0.141 e. The third kappa shape index (κ3) is 3.34. The van der Waals surface area contributed by atoms with Crippen molar-refractivity contribution in [3.63, 3.8) is 0 Å². The van der Waals surface area contributed by atoms with Crippen molar-refractivity contribution in [2.24, 2.45) is 0 Å². The van der Waals surface area contributed by atoms with Crippen molar-refractivity contribution in [1.29, 1.82) is 0 Å². The first-order chi connectivity index (χ1) is 10.0. The summed E-state index contributed by atoms with van der Waals surface area (Å²) in [4.78, 5) is -0.198. The minimum atomic E-state index is -0.198. The average Bonchev–Trinajstić information content (AvgIpc) is 2.46. The molecule has 0 spiro atoms. The molecule has 112 valence electrons. The van der Waals surface area contributed by atoms with Crippen molar-refractivity contribution >= 4 is 55.1 Å². The van der Waals surface area contributed by atoms with Crippen LogP contribution < -0.4 is 9.47 Å². The van der Waals surface area contributed by atoms with Gasteiger partial charge in [0, 0.05) is 21.2 Å². The number of ether oxygens (including phenoxy) is 2. The van der Waals surface area contributed by atoms with Gasteiger partial charge in [-0.2, -0.15) is 0 Å². The number of methoxy groups -OCH3 is 2. The molecular formula is C15H12Br2Cl2O2. The summed E-state index contributed by atoms with van der Waals surface area (Å²) in [7, 11) is 3.21. The minimum Gasteiger partial charge on any atom is -0.495 e. The van der Waals surface area contributed by atoms with Crippen molar-refractivity contribution < 1.29 is 9.47 Å². The van der Waals surface area contributed by atoms with Crippen LogP contribution in [0.15, 0.2) is 34.8 Å². The minimum absolute atomic E-state index is 0.198. The van der Waals surface area contributed by atoms with Crippen LogP contribution in [0, 0.1) is 0 Å². The normalized spacial score (nSPS) is 12.1. The van der Waals surface area contributed by atoms with Crippen LogP contribution >= 0.6 is 55.1 Å². The number of alkyl halides is 1. The van der Waals surface area contributed by atoms with Gasteiger partial charge in [-0.3, -0.25) is 0 Å². The fourth-order valence-electron chi connectivity index (χ4n) is 2.03. The van der Waals surface area contributed by atoms with Crippen LogP contribution in [0.5, 0.6) is 11.5 Å². The highest BCUT2D eigenvalue weighted by Gasteiger charge is 2.23. The maximum absolute atomic E-state index is 6.28. The SMILES string of the molecule is COc1ccc(C(Br)c2c(Cl)cccc2Cl)c(OC)c1Br. The summed E-state index contributed by atoms with van der Waals surface area (Å²) in [6.07, 6.45) is 0. The van der Waals surface area contributed by atoms with Crippen molar-refractivity contribution in [2.75, 3.05) is 14.2 Å². The van der Waals surface area contributed by atoms with Crippen molar-refractivity contribution in [1.82, 2.24) is 0 Å². The van der Waals surface area contributed by atoms with Gasteiger partial charge < -0.3 is 9.47 Å². The van der Waals surface area contributed by atoms with E-state index in [1.54, 1.807) is 14.2 Å². The third-order valence-corrected chi connectivity index (χ3v) is 5.40. The van der Waals surface area contributed by atoms with E-state index in [0.29, 0.717) is 21.5 Å². The lowest BCUT2D eigenvalue weighted by molar-refractivity contribution is 0.386. The summed E-state index contributed by atoms with van der Waals surface area (Å²) in [6.45, 7) is 0. The molecule has 0 heterocycles. The molecule has 2 nitrogen and oxygen atoms in total. The van der Waals surface area contributed by atoms with E-state index in [2.05, 4.69) is 31.9 Å². The first-order valence-electron chi connectivity index (χ1n) is 5.99. The molecule has 2 aromatic carbocycles. The van der Waals surface area contributed by atoms with Gasteiger partial charge in [-0.25, -0.2) is 0 Å². The van der Waals surface area contributed by atoms with Crippen molar-refractivity contribution in [3.8, 4) is 11.5 Å². The van der Waals surface area contributed by atoms with Crippen molar-refractivity contribution in [3.05, 3.63) is 56.0 Å². The van der Waals surface area contributed by atoms with Gasteiger partial charge in [0.25, 0.3) is 0 Å². The second-order valence-electron chi connectivity index (χ2n) is 4.20. The van der Waals surface area contributed by atoms with E-state index in [0.717, 1.165) is 15.6 Å². The van der Waals surface area contributed by atoms with Gasteiger partial charge in [-0.05, 0) is 34.1 Å². The average molecular weight is 455 g/mol. The van der Waals surface area contributed by atoms with E-state index < -0.39 is 0 Å². The van der Waals surface area contributed by atoms with Crippen LogP contribution in [0.3, 0.4) is 0 Å². The van der Waals surface area contributed by atoms with E-state index >= 15 is 0 Å². The molecule has 1 unspecified atom stereocenters. The van der Waals surface area contributed by atoms with Gasteiger partial charge in [0.2, 0.25) is 0 Å². The van der Waals surface area contributed by atoms with E-state index in [1.807, 2.05) is 30.3 Å².